The Bertz CT molecular complexity index is 571. The maximum Gasteiger partial charge on any atom is 0.313 e. The zero-order valence-corrected chi connectivity index (χ0v) is 14.0. The molecule has 0 bridgehead atoms. The fraction of sp³-hybridized carbons (Fsp3) is 0.556. The van der Waals surface area contributed by atoms with Gasteiger partial charge in [0.1, 0.15) is 0 Å². The molecule has 1 unspecified atom stereocenters. The molecule has 5 heteroatoms. The van der Waals surface area contributed by atoms with Gasteiger partial charge in [0.25, 0.3) is 0 Å². The minimum absolute atomic E-state index is 0.0593. The van der Waals surface area contributed by atoms with Crippen LogP contribution in [0.3, 0.4) is 0 Å². The van der Waals surface area contributed by atoms with E-state index in [1.165, 1.54) is 11.1 Å². The lowest BCUT2D eigenvalue weighted by atomic mass is 9.99. The third-order valence-corrected chi connectivity index (χ3v) is 4.48. The molecule has 1 aliphatic rings. The van der Waals surface area contributed by atoms with Crippen molar-refractivity contribution in [1.29, 1.82) is 0 Å². The number of benzene rings is 1. The van der Waals surface area contributed by atoms with Crippen LogP contribution in [0.15, 0.2) is 18.2 Å². The van der Waals surface area contributed by atoms with Gasteiger partial charge in [-0.2, -0.15) is 0 Å². The van der Waals surface area contributed by atoms with Gasteiger partial charge < -0.3 is 15.3 Å². The first-order valence-corrected chi connectivity index (χ1v) is 8.41. The van der Waals surface area contributed by atoms with Crippen molar-refractivity contribution in [3.05, 3.63) is 29.3 Å². The molecular formula is C18H26N2O3. The van der Waals surface area contributed by atoms with Crippen molar-refractivity contribution < 1.29 is 14.7 Å². The second kappa shape index (κ2) is 8.11. The highest BCUT2D eigenvalue weighted by molar-refractivity contribution is 6.39. The first-order valence-electron chi connectivity index (χ1n) is 8.41. The van der Waals surface area contributed by atoms with Gasteiger partial charge in [-0.25, -0.2) is 0 Å². The molecule has 1 aromatic rings. The number of aryl methyl sites for hydroxylation is 2. The molecule has 0 aromatic heterocycles. The van der Waals surface area contributed by atoms with E-state index < -0.39 is 11.8 Å². The molecular weight excluding hydrogens is 292 g/mol. The Hall–Kier alpha value is -1.88. The third-order valence-electron chi connectivity index (χ3n) is 4.48. The van der Waals surface area contributed by atoms with Crippen molar-refractivity contribution in [2.24, 2.45) is 5.92 Å². The molecule has 2 N–H and O–H groups in total. The maximum atomic E-state index is 12.3. The van der Waals surface area contributed by atoms with Crippen LogP contribution in [0, 0.1) is 5.92 Å². The van der Waals surface area contributed by atoms with E-state index in [0.717, 1.165) is 25.7 Å². The van der Waals surface area contributed by atoms with Crippen LogP contribution in [-0.2, 0) is 22.4 Å². The Labute approximate surface area is 137 Å². The molecule has 23 heavy (non-hydrogen) atoms. The Morgan fingerprint density at radius 1 is 1.26 bits per heavy atom. The minimum Gasteiger partial charge on any atom is -0.396 e. The summed E-state index contributed by atoms with van der Waals surface area (Å²) in [5.41, 5.74) is 3.11. The van der Waals surface area contributed by atoms with Crippen molar-refractivity contribution in [2.45, 2.75) is 39.5 Å². The summed E-state index contributed by atoms with van der Waals surface area (Å²) in [6, 6.07) is 5.79. The minimum atomic E-state index is -0.602. The van der Waals surface area contributed by atoms with Crippen LogP contribution < -0.4 is 5.32 Å². The van der Waals surface area contributed by atoms with Gasteiger partial charge in [-0.15, -0.1) is 0 Å². The fourth-order valence-corrected chi connectivity index (χ4v) is 3.10. The van der Waals surface area contributed by atoms with Gasteiger partial charge in [0.2, 0.25) is 0 Å². The summed E-state index contributed by atoms with van der Waals surface area (Å²) in [6.07, 6.45) is 3.58. The molecule has 1 atom stereocenters. The lowest BCUT2D eigenvalue weighted by molar-refractivity contribution is -0.144. The van der Waals surface area contributed by atoms with Crippen LogP contribution in [0.4, 0.5) is 5.69 Å². The zero-order chi connectivity index (χ0) is 16.8. The second-order valence-electron chi connectivity index (χ2n) is 6.09. The predicted octanol–water partition coefficient (Wildman–Crippen LogP) is 1.98. The Morgan fingerprint density at radius 3 is 2.65 bits per heavy atom. The van der Waals surface area contributed by atoms with E-state index >= 15 is 0 Å². The van der Waals surface area contributed by atoms with Crippen LogP contribution >= 0.6 is 0 Å². The zero-order valence-electron chi connectivity index (χ0n) is 14.0. The number of nitrogens with zero attached hydrogens (tertiary/aromatic N) is 1. The molecule has 1 saturated heterocycles. The van der Waals surface area contributed by atoms with E-state index in [-0.39, 0.29) is 12.5 Å². The van der Waals surface area contributed by atoms with Gasteiger partial charge in [0.05, 0.1) is 0 Å². The number of aliphatic hydroxyl groups is 1. The first kappa shape index (κ1) is 17.5. The standard InChI is InChI=1S/C18H26N2O3/c1-3-14-7-8-16(10-15(14)4-2)19-17(22)18(23)20-9-5-6-13(11-20)12-21/h7-8,10,13,21H,3-6,9,11-12H2,1-2H3,(H,19,22). The monoisotopic (exact) mass is 318 g/mol. The number of aliphatic hydroxyl groups excluding tert-OH is 1. The number of hydrogen-bond acceptors (Lipinski definition) is 3. The van der Waals surface area contributed by atoms with Gasteiger partial charge in [-0.05, 0) is 54.9 Å². The summed E-state index contributed by atoms with van der Waals surface area (Å²) in [6.45, 7) is 5.28. The van der Waals surface area contributed by atoms with Crippen molar-refractivity contribution in [2.75, 3.05) is 25.0 Å². The van der Waals surface area contributed by atoms with Gasteiger partial charge in [0, 0.05) is 25.4 Å². The Balaban J connectivity index is 2.02. The molecule has 0 radical (unpaired) electrons. The number of carbonyl (C=O) groups is 2. The number of amides is 2. The molecule has 126 valence electrons. The number of piperidine rings is 1. The second-order valence-corrected chi connectivity index (χ2v) is 6.09. The largest absolute Gasteiger partial charge is 0.396 e. The molecule has 2 amide bonds. The number of rotatable bonds is 4. The van der Waals surface area contributed by atoms with Crippen molar-refractivity contribution in [3.63, 3.8) is 0 Å². The van der Waals surface area contributed by atoms with E-state index in [9.17, 15) is 14.7 Å². The number of anilines is 1. The summed E-state index contributed by atoms with van der Waals surface area (Å²) in [5, 5.41) is 11.9. The Morgan fingerprint density at radius 2 is 2.00 bits per heavy atom. The third kappa shape index (κ3) is 4.32. The lowest BCUT2D eigenvalue weighted by Gasteiger charge is -2.31. The van der Waals surface area contributed by atoms with Gasteiger partial charge in [-0.1, -0.05) is 19.9 Å². The summed E-state index contributed by atoms with van der Waals surface area (Å²) in [4.78, 5) is 26.0. The number of likely N-dealkylation sites (tertiary alicyclic amines) is 1. The van der Waals surface area contributed by atoms with E-state index in [2.05, 4.69) is 19.2 Å². The lowest BCUT2D eigenvalue weighted by Crippen LogP contribution is -2.45. The molecule has 1 fully saturated rings. The highest BCUT2D eigenvalue weighted by Gasteiger charge is 2.27. The van der Waals surface area contributed by atoms with Crippen LogP contribution in [0.1, 0.15) is 37.8 Å². The summed E-state index contributed by atoms with van der Waals surface area (Å²) >= 11 is 0. The average molecular weight is 318 g/mol. The SMILES string of the molecule is CCc1ccc(NC(=O)C(=O)N2CCCC(CO)C2)cc1CC. The summed E-state index contributed by atoms with van der Waals surface area (Å²) in [5.74, 6) is -1.04. The quantitative estimate of drug-likeness (QED) is 0.834. The smallest absolute Gasteiger partial charge is 0.313 e. The molecule has 2 rings (SSSR count). The number of hydrogen-bond donors (Lipinski definition) is 2. The van der Waals surface area contributed by atoms with Crippen LogP contribution in [0.25, 0.3) is 0 Å². The topological polar surface area (TPSA) is 69.6 Å². The molecule has 1 aliphatic heterocycles. The van der Waals surface area contributed by atoms with E-state index in [1.807, 2.05) is 18.2 Å². The molecule has 0 saturated carbocycles. The first-order chi connectivity index (χ1) is 11.1. The summed E-state index contributed by atoms with van der Waals surface area (Å²) in [7, 11) is 0. The summed E-state index contributed by atoms with van der Waals surface area (Å²) < 4.78 is 0. The van der Waals surface area contributed by atoms with E-state index in [4.69, 9.17) is 0 Å². The molecule has 0 aliphatic carbocycles. The van der Waals surface area contributed by atoms with Gasteiger partial charge in [-0.3, -0.25) is 9.59 Å². The van der Waals surface area contributed by atoms with Crippen LogP contribution in [0.5, 0.6) is 0 Å². The molecule has 1 aromatic carbocycles. The molecule has 0 spiro atoms. The van der Waals surface area contributed by atoms with Crippen molar-refractivity contribution >= 4 is 17.5 Å². The van der Waals surface area contributed by atoms with Crippen LogP contribution in [-0.4, -0.2) is 41.5 Å². The van der Waals surface area contributed by atoms with Crippen LogP contribution in [0.2, 0.25) is 0 Å². The number of carbonyl (C=O) groups excluding carboxylic acids is 2. The number of nitrogens with one attached hydrogen (secondary N) is 1. The van der Waals surface area contributed by atoms with Crippen molar-refractivity contribution in [1.82, 2.24) is 4.90 Å². The van der Waals surface area contributed by atoms with Gasteiger partial charge >= 0.3 is 11.8 Å². The maximum absolute atomic E-state index is 12.3. The van der Waals surface area contributed by atoms with Gasteiger partial charge in [0.15, 0.2) is 0 Å². The highest BCUT2D eigenvalue weighted by atomic mass is 16.3. The average Bonchev–Trinajstić information content (AvgIpc) is 2.60. The Kier molecular flexibility index (Phi) is 6.16. The highest BCUT2D eigenvalue weighted by Crippen LogP contribution is 2.19. The fourth-order valence-electron chi connectivity index (χ4n) is 3.10. The molecule has 1 heterocycles. The van der Waals surface area contributed by atoms with Crippen molar-refractivity contribution in [3.8, 4) is 0 Å². The van der Waals surface area contributed by atoms with E-state index in [1.54, 1.807) is 4.90 Å². The predicted molar refractivity (Wildman–Crippen MR) is 90.2 cm³/mol. The molecule has 5 nitrogen and oxygen atoms in total. The normalized spacial score (nSPS) is 17.9. The van der Waals surface area contributed by atoms with E-state index in [0.29, 0.717) is 18.8 Å².